The lowest BCUT2D eigenvalue weighted by atomic mass is 9.95. The topological polar surface area (TPSA) is 171 Å². The maximum atomic E-state index is 12.2. The van der Waals surface area contributed by atoms with Gasteiger partial charge < -0.3 is 21.1 Å². The highest BCUT2D eigenvalue weighted by Gasteiger charge is 2.25. The van der Waals surface area contributed by atoms with Crippen molar-refractivity contribution in [3.05, 3.63) is 55.4 Å². The van der Waals surface area contributed by atoms with Gasteiger partial charge in [0, 0.05) is 22.1 Å². The number of benzene rings is 1. The molecule has 4 N–H and O–H groups in total. The van der Waals surface area contributed by atoms with Gasteiger partial charge in [0.05, 0.1) is 10.5 Å². The van der Waals surface area contributed by atoms with Gasteiger partial charge in [0.15, 0.2) is 6.61 Å². The third kappa shape index (κ3) is 5.71. The molecular formula is C21H22N4O7S. The second-order valence-electron chi connectivity index (χ2n) is 7.43. The lowest BCUT2D eigenvalue weighted by molar-refractivity contribution is -0.385. The second-order valence-corrected chi connectivity index (χ2v) is 8.53. The molecule has 1 aliphatic carbocycles. The number of thiophene rings is 1. The summed E-state index contributed by atoms with van der Waals surface area (Å²) in [6.07, 6.45) is 3.49. The van der Waals surface area contributed by atoms with E-state index in [1.54, 1.807) is 0 Å². The molecule has 0 unspecified atom stereocenters. The quantitative estimate of drug-likeness (QED) is 0.298. The highest BCUT2D eigenvalue weighted by atomic mass is 32.1. The number of esters is 1. The van der Waals surface area contributed by atoms with Crippen LogP contribution in [0.2, 0.25) is 0 Å². The smallest absolute Gasteiger partial charge is 0.325 e. The van der Waals surface area contributed by atoms with Crippen LogP contribution in [-0.2, 0) is 27.2 Å². The number of carbonyl (C=O) groups is 4. The zero-order valence-electron chi connectivity index (χ0n) is 17.8. The number of fused-ring (bicyclic) bond motifs is 1. The SMILES string of the molecule is Cc1cc(C(=O)NCC(=O)OCC(=O)Nc2sc3c(c2C(N)=O)CCCC3)ccc1[N+](=O)[O-]. The molecule has 1 aromatic carbocycles. The molecule has 0 saturated heterocycles. The molecule has 1 aromatic heterocycles. The monoisotopic (exact) mass is 474 g/mol. The van der Waals surface area contributed by atoms with Crippen molar-refractivity contribution in [2.24, 2.45) is 5.73 Å². The van der Waals surface area contributed by atoms with Gasteiger partial charge in [-0.2, -0.15) is 0 Å². The van der Waals surface area contributed by atoms with Crippen molar-refractivity contribution < 1.29 is 28.8 Å². The molecule has 33 heavy (non-hydrogen) atoms. The van der Waals surface area contributed by atoms with E-state index < -0.39 is 41.8 Å². The fraction of sp³-hybridized carbons (Fsp3) is 0.333. The number of hydrogen-bond acceptors (Lipinski definition) is 8. The summed E-state index contributed by atoms with van der Waals surface area (Å²) in [6, 6.07) is 3.81. The van der Waals surface area contributed by atoms with Crippen molar-refractivity contribution >= 4 is 45.7 Å². The van der Waals surface area contributed by atoms with Gasteiger partial charge in [-0.15, -0.1) is 11.3 Å². The molecule has 0 spiro atoms. The normalized spacial score (nSPS) is 12.4. The molecule has 12 heteroatoms. The van der Waals surface area contributed by atoms with E-state index >= 15 is 0 Å². The summed E-state index contributed by atoms with van der Waals surface area (Å²) >= 11 is 1.30. The minimum atomic E-state index is -0.849. The van der Waals surface area contributed by atoms with Crippen LogP contribution >= 0.6 is 11.3 Å². The van der Waals surface area contributed by atoms with Crippen molar-refractivity contribution in [3.8, 4) is 0 Å². The van der Waals surface area contributed by atoms with E-state index in [-0.39, 0.29) is 11.3 Å². The van der Waals surface area contributed by atoms with Crippen LogP contribution in [0.1, 0.15) is 49.6 Å². The van der Waals surface area contributed by atoms with E-state index in [0.29, 0.717) is 16.1 Å². The summed E-state index contributed by atoms with van der Waals surface area (Å²) in [6.45, 7) is 0.392. The van der Waals surface area contributed by atoms with E-state index in [9.17, 15) is 29.3 Å². The molecule has 0 atom stereocenters. The Hall–Kier alpha value is -3.80. The average molecular weight is 474 g/mol. The molecule has 174 valence electrons. The van der Waals surface area contributed by atoms with Gasteiger partial charge in [-0.05, 0) is 50.3 Å². The highest BCUT2D eigenvalue weighted by molar-refractivity contribution is 7.17. The molecule has 0 aliphatic heterocycles. The largest absolute Gasteiger partial charge is 0.454 e. The van der Waals surface area contributed by atoms with Crippen molar-refractivity contribution in [1.82, 2.24) is 5.32 Å². The summed E-state index contributed by atoms with van der Waals surface area (Å²) in [7, 11) is 0. The van der Waals surface area contributed by atoms with Gasteiger partial charge >= 0.3 is 5.97 Å². The Morgan fingerprint density at radius 2 is 1.94 bits per heavy atom. The van der Waals surface area contributed by atoms with Crippen LogP contribution in [0.25, 0.3) is 0 Å². The zero-order valence-corrected chi connectivity index (χ0v) is 18.6. The maximum absolute atomic E-state index is 12.2. The van der Waals surface area contributed by atoms with Crippen LogP contribution in [0.15, 0.2) is 18.2 Å². The molecule has 1 heterocycles. The van der Waals surface area contributed by atoms with E-state index in [0.717, 1.165) is 36.1 Å². The zero-order chi connectivity index (χ0) is 24.1. The number of aryl methyl sites for hydroxylation is 2. The number of rotatable bonds is 8. The number of carbonyl (C=O) groups excluding carboxylic acids is 4. The minimum absolute atomic E-state index is 0.122. The predicted octanol–water partition coefficient (Wildman–Crippen LogP) is 1.85. The first-order valence-corrected chi connectivity index (χ1v) is 10.9. The molecule has 0 bridgehead atoms. The fourth-order valence-electron chi connectivity index (χ4n) is 3.53. The van der Waals surface area contributed by atoms with Gasteiger partial charge in [0.25, 0.3) is 23.4 Å². The number of nitro groups is 1. The van der Waals surface area contributed by atoms with Gasteiger partial charge in [-0.3, -0.25) is 29.3 Å². The summed E-state index contributed by atoms with van der Waals surface area (Å²) in [5.74, 6) is -2.73. The third-order valence-electron chi connectivity index (χ3n) is 5.08. The predicted molar refractivity (Wildman–Crippen MR) is 119 cm³/mol. The number of nitrogens with one attached hydrogen (secondary N) is 2. The summed E-state index contributed by atoms with van der Waals surface area (Å²) in [4.78, 5) is 59.4. The molecule has 0 saturated carbocycles. The van der Waals surface area contributed by atoms with Crippen LogP contribution in [0.4, 0.5) is 10.7 Å². The number of nitrogens with two attached hydrogens (primary N) is 1. The number of ether oxygens (including phenoxy) is 1. The molecule has 1 aliphatic rings. The fourth-order valence-corrected chi connectivity index (χ4v) is 4.84. The third-order valence-corrected chi connectivity index (χ3v) is 6.29. The maximum Gasteiger partial charge on any atom is 0.325 e. The van der Waals surface area contributed by atoms with Crippen molar-refractivity contribution in [1.29, 1.82) is 0 Å². The number of nitro benzene ring substituents is 1. The van der Waals surface area contributed by atoms with Crippen LogP contribution in [0.5, 0.6) is 0 Å². The lowest BCUT2D eigenvalue weighted by Gasteiger charge is -2.11. The lowest BCUT2D eigenvalue weighted by Crippen LogP contribution is -2.32. The van der Waals surface area contributed by atoms with Gasteiger partial charge in [-0.1, -0.05) is 0 Å². The summed E-state index contributed by atoms with van der Waals surface area (Å²) < 4.78 is 4.87. The van der Waals surface area contributed by atoms with E-state index in [4.69, 9.17) is 10.5 Å². The first kappa shape index (κ1) is 23.9. The Labute approximate surface area is 192 Å². The van der Waals surface area contributed by atoms with Gasteiger partial charge in [0.1, 0.15) is 11.5 Å². The van der Waals surface area contributed by atoms with Crippen LogP contribution < -0.4 is 16.4 Å². The Bertz CT molecular complexity index is 1140. The van der Waals surface area contributed by atoms with E-state index in [1.165, 1.54) is 36.5 Å². The number of primary amides is 1. The molecule has 0 radical (unpaired) electrons. The number of nitrogens with zero attached hydrogens (tertiary/aromatic N) is 1. The Morgan fingerprint density at radius 1 is 1.21 bits per heavy atom. The van der Waals surface area contributed by atoms with Crippen molar-refractivity contribution in [2.45, 2.75) is 32.6 Å². The van der Waals surface area contributed by atoms with E-state index in [1.807, 2.05) is 0 Å². The average Bonchev–Trinajstić information content (AvgIpc) is 3.13. The molecule has 0 fully saturated rings. The second kappa shape index (κ2) is 10.2. The van der Waals surface area contributed by atoms with Gasteiger partial charge in [-0.25, -0.2) is 0 Å². The Balaban J connectivity index is 1.50. The number of hydrogen-bond donors (Lipinski definition) is 3. The molecule has 11 nitrogen and oxygen atoms in total. The van der Waals surface area contributed by atoms with E-state index in [2.05, 4.69) is 10.6 Å². The van der Waals surface area contributed by atoms with Crippen molar-refractivity contribution in [3.63, 3.8) is 0 Å². The molecule has 2 aromatic rings. The van der Waals surface area contributed by atoms with Gasteiger partial charge in [0.2, 0.25) is 0 Å². The summed E-state index contributed by atoms with van der Waals surface area (Å²) in [5.41, 5.74) is 6.99. The molecular weight excluding hydrogens is 452 g/mol. The molecule has 3 rings (SSSR count). The molecule has 3 amide bonds. The first-order valence-electron chi connectivity index (χ1n) is 10.1. The number of amides is 3. The highest BCUT2D eigenvalue weighted by Crippen LogP contribution is 2.37. The Kier molecular flexibility index (Phi) is 7.38. The van der Waals surface area contributed by atoms with Crippen LogP contribution in [0, 0.1) is 17.0 Å². The summed E-state index contributed by atoms with van der Waals surface area (Å²) in [5, 5.41) is 16.1. The standard InChI is InChI=1S/C21H22N4O7S/c1-11-8-12(6-7-14(11)25(30)31)20(29)23-9-17(27)32-10-16(26)24-21-18(19(22)28)13-4-2-3-5-15(13)33-21/h6-8H,2-5,9-10H2,1H3,(H2,22,28)(H,23,29)(H,24,26). The van der Waals surface area contributed by atoms with Crippen LogP contribution in [-0.4, -0.2) is 41.8 Å². The number of anilines is 1. The Morgan fingerprint density at radius 3 is 2.61 bits per heavy atom. The minimum Gasteiger partial charge on any atom is -0.454 e. The van der Waals surface area contributed by atoms with Crippen molar-refractivity contribution in [2.75, 3.05) is 18.5 Å². The first-order chi connectivity index (χ1) is 15.7. The van der Waals surface area contributed by atoms with Crippen LogP contribution in [0.3, 0.4) is 0 Å².